The minimum atomic E-state index is -0.333. The third kappa shape index (κ3) is 2.53. The van der Waals surface area contributed by atoms with Crippen molar-refractivity contribution in [2.45, 2.75) is 13.0 Å². The lowest BCUT2D eigenvalue weighted by Crippen LogP contribution is -2.13. The summed E-state index contributed by atoms with van der Waals surface area (Å²) in [5.74, 6) is -0.333. The fourth-order valence-corrected chi connectivity index (χ4v) is 2.89. The average molecular weight is 383 g/mol. The van der Waals surface area contributed by atoms with Crippen molar-refractivity contribution in [3.8, 4) is 0 Å². The quantitative estimate of drug-likeness (QED) is 0.812. The Kier molecular flexibility index (Phi) is 3.85. The first-order chi connectivity index (χ1) is 8.00. The van der Waals surface area contributed by atoms with E-state index in [1.165, 1.54) is 0 Å². The number of carbonyl (C=O) groups is 1. The topological polar surface area (TPSA) is 48.0 Å². The molecule has 1 aromatic carbocycles. The van der Waals surface area contributed by atoms with Crippen molar-refractivity contribution >= 4 is 62.6 Å². The van der Waals surface area contributed by atoms with Gasteiger partial charge in [0.2, 0.25) is 5.91 Å². The summed E-state index contributed by atoms with van der Waals surface area (Å²) in [7, 11) is 0. The minimum Gasteiger partial charge on any atom is -0.370 e. The molecule has 2 rings (SSSR count). The summed E-state index contributed by atoms with van der Waals surface area (Å²) in [6.45, 7) is 0.509. The standard InChI is InChI=1S/C11H9Cl2IN2O/c12-7-2-1-6-8(14)5-16(4-3-9(15)17)11(6)10(7)13/h1-2,5H,3-4H2,(H2,15,17). The van der Waals surface area contributed by atoms with Crippen LogP contribution in [0, 0.1) is 3.57 Å². The fraction of sp³-hybridized carbons (Fsp3) is 0.182. The maximum Gasteiger partial charge on any atom is 0.219 e. The Morgan fingerprint density at radius 2 is 2.12 bits per heavy atom. The third-order valence-corrected chi connectivity index (χ3v) is 4.14. The Balaban J connectivity index is 2.55. The molecular weight excluding hydrogens is 374 g/mol. The van der Waals surface area contributed by atoms with Crippen molar-refractivity contribution in [3.05, 3.63) is 31.9 Å². The molecule has 17 heavy (non-hydrogen) atoms. The van der Waals surface area contributed by atoms with Gasteiger partial charge in [-0.3, -0.25) is 4.79 Å². The molecule has 0 aliphatic heterocycles. The number of hydrogen-bond acceptors (Lipinski definition) is 1. The van der Waals surface area contributed by atoms with Gasteiger partial charge in [0.1, 0.15) is 0 Å². The number of amides is 1. The number of aryl methyl sites for hydroxylation is 1. The van der Waals surface area contributed by atoms with Crippen molar-refractivity contribution in [1.29, 1.82) is 0 Å². The largest absolute Gasteiger partial charge is 0.370 e. The number of benzene rings is 1. The molecule has 0 aliphatic carbocycles. The van der Waals surface area contributed by atoms with Crippen molar-refractivity contribution < 1.29 is 4.79 Å². The molecule has 0 spiro atoms. The number of carbonyl (C=O) groups excluding carboxylic acids is 1. The average Bonchev–Trinajstić information content (AvgIpc) is 2.58. The van der Waals surface area contributed by atoms with Gasteiger partial charge in [-0.2, -0.15) is 0 Å². The van der Waals surface area contributed by atoms with E-state index in [4.69, 9.17) is 28.9 Å². The van der Waals surface area contributed by atoms with Gasteiger partial charge in [0.15, 0.2) is 0 Å². The van der Waals surface area contributed by atoms with Gasteiger partial charge in [0.25, 0.3) is 0 Å². The Morgan fingerprint density at radius 1 is 1.41 bits per heavy atom. The summed E-state index contributed by atoms with van der Waals surface area (Å²) < 4.78 is 2.98. The molecule has 0 fully saturated rings. The van der Waals surface area contributed by atoms with Crippen LogP contribution in [0.15, 0.2) is 18.3 Å². The van der Waals surface area contributed by atoms with E-state index < -0.39 is 0 Å². The van der Waals surface area contributed by atoms with E-state index in [0.717, 1.165) is 14.5 Å². The zero-order valence-corrected chi connectivity index (χ0v) is 12.4. The molecular formula is C11H9Cl2IN2O. The fourth-order valence-electron chi connectivity index (χ4n) is 1.69. The molecule has 90 valence electrons. The minimum absolute atomic E-state index is 0.280. The number of rotatable bonds is 3. The first kappa shape index (κ1) is 13.0. The summed E-state index contributed by atoms with van der Waals surface area (Å²) in [6, 6.07) is 3.69. The monoisotopic (exact) mass is 382 g/mol. The highest BCUT2D eigenvalue weighted by molar-refractivity contribution is 14.1. The summed E-state index contributed by atoms with van der Waals surface area (Å²) >= 11 is 14.4. The van der Waals surface area contributed by atoms with Crippen LogP contribution in [0.2, 0.25) is 10.0 Å². The summed E-state index contributed by atoms with van der Waals surface area (Å²) in [5.41, 5.74) is 6.00. The lowest BCUT2D eigenvalue weighted by Gasteiger charge is -2.05. The predicted octanol–water partition coefficient (Wildman–Crippen LogP) is 3.43. The molecule has 2 N–H and O–H groups in total. The maximum atomic E-state index is 10.8. The highest BCUT2D eigenvalue weighted by Gasteiger charge is 2.12. The van der Waals surface area contributed by atoms with Gasteiger partial charge >= 0.3 is 0 Å². The molecule has 1 aromatic heterocycles. The van der Waals surface area contributed by atoms with Gasteiger partial charge in [0.05, 0.1) is 15.6 Å². The first-order valence-corrected chi connectivity index (χ1v) is 6.75. The summed E-state index contributed by atoms with van der Waals surface area (Å²) in [6.07, 6.45) is 2.22. The molecule has 6 heteroatoms. The molecule has 3 nitrogen and oxygen atoms in total. The molecule has 0 saturated heterocycles. The highest BCUT2D eigenvalue weighted by atomic mass is 127. The van der Waals surface area contributed by atoms with Crippen LogP contribution >= 0.6 is 45.8 Å². The Hall–Kier alpha value is -0.460. The number of primary amides is 1. The van der Waals surface area contributed by atoms with Crippen molar-refractivity contribution in [2.24, 2.45) is 5.73 Å². The molecule has 0 radical (unpaired) electrons. The first-order valence-electron chi connectivity index (χ1n) is 4.91. The smallest absolute Gasteiger partial charge is 0.219 e. The molecule has 1 amide bonds. The van der Waals surface area contributed by atoms with Crippen LogP contribution in [0.1, 0.15) is 6.42 Å². The van der Waals surface area contributed by atoms with E-state index in [2.05, 4.69) is 22.6 Å². The second-order valence-electron chi connectivity index (χ2n) is 3.64. The van der Waals surface area contributed by atoms with Crippen molar-refractivity contribution in [2.75, 3.05) is 0 Å². The van der Waals surface area contributed by atoms with E-state index in [0.29, 0.717) is 16.6 Å². The molecule has 2 aromatic rings. The van der Waals surface area contributed by atoms with Gasteiger partial charge in [-0.25, -0.2) is 0 Å². The molecule has 0 bridgehead atoms. The SMILES string of the molecule is NC(=O)CCn1cc(I)c2ccc(Cl)c(Cl)c21. The molecule has 0 saturated carbocycles. The Labute approximate surface area is 122 Å². The van der Waals surface area contributed by atoms with Crippen LogP contribution in [0.25, 0.3) is 10.9 Å². The third-order valence-electron chi connectivity index (χ3n) is 2.48. The van der Waals surface area contributed by atoms with Gasteiger partial charge < -0.3 is 10.3 Å². The van der Waals surface area contributed by atoms with Crippen molar-refractivity contribution in [3.63, 3.8) is 0 Å². The normalized spacial score (nSPS) is 11.0. The van der Waals surface area contributed by atoms with E-state index in [1.54, 1.807) is 6.07 Å². The van der Waals surface area contributed by atoms with Gasteiger partial charge in [-0.1, -0.05) is 29.3 Å². The van der Waals surface area contributed by atoms with Crippen LogP contribution in [0.3, 0.4) is 0 Å². The Morgan fingerprint density at radius 3 is 2.76 bits per heavy atom. The molecule has 1 heterocycles. The van der Waals surface area contributed by atoms with E-state index >= 15 is 0 Å². The number of nitrogens with two attached hydrogens (primary N) is 1. The van der Waals surface area contributed by atoms with Crippen LogP contribution in [0.4, 0.5) is 0 Å². The second kappa shape index (κ2) is 5.04. The maximum absolute atomic E-state index is 10.8. The number of halogens is 3. The highest BCUT2D eigenvalue weighted by Crippen LogP contribution is 2.34. The van der Waals surface area contributed by atoms with Crippen molar-refractivity contribution in [1.82, 2.24) is 4.57 Å². The number of aromatic nitrogens is 1. The van der Waals surface area contributed by atoms with Crippen LogP contribution in [-0.2, 0) is 11.3 Å². The van der Waals surface area contributed by atoms with Crippen LogP contribution in [0.5, 0.6) is 0 Å². The predicted molar refractivity (Wildman–Crippen MR) is 78.5 cm³/mol. The number of nitrogens with zero attached hydrogens (tertiary/aromatic N) is 1. The lowest BCUT2D eigenvalue weighted by atomic mass is 10.2. The number of hydrogen-bond donors (Lipinski definition) is 1. The Bertz CT molecular complexity index is 595. The zero-order valence-electron chi connectivity index (χ0n) is 8.71. The number of fused-ring (bicyclic) bond motifs is 1. The van der Waals surface area contributed by atoms with Gasteiger partial charge in [0, 0.05) is 28.1 Å². The molecule has 0 unspecified atom stereocenters. The van der Waals surface area contributed by atoms with Crippen LogP contribution in [-0.4, -0.2) is 10.5 Å². The summed E-state index contributed by atoms with van der Waals surface area (Å²) in [4.78, 5) is 10.8. The van der Waals surface area contributed by atoms with E-state index in [9.17, 15) is 4.79 Å². The lowest BCUT2D eigenvalue weighted by molar-refractivity contribution is -0.118. The van der Waals surface area contributed by atoms with Gasteiger partial charge in [-0.15, -0.1) is 0 Å². The zero-order chi connectivity index (χ0) is 12.6. The van der Waals surface area contributed by atoms with E-state index in [1.807, 2.05) is 16.8 Å². The second-order valence-corrected chi connectivity index (χ2v) is 5.59. The van der Waals surface area contributed by atoms with E-state index in [-0.39, 0.29) is 12.3 Å². The van der Waals surface area contributed by atoms with Crippen LogP contribution < -0.4 is 5.73 Å². The molecule has 0 atom stereocenters. The molecule has 0 aliphatic rings. The van der Waals surface area contributed by atoms with Gasteiger partial charge in [-0.05, 0) is 28.7 Å². The summed E-state index contributed by atoms with van der Waals surface area (Å²) in [5, 5.41) is 2.05.